The molecule has 0 aromatic heterocycles. The van der Waals surface area contributed by atoms with Gasteiger partial charge in [-0.1, -0.05) is 67.1 Å². The standard InChI is InChI=1S/C19H22N2O2/c1-14-7-6-8-16(11-14)13-21-19(23)18(22)20-12-15(2)17-9-4-3-5-10-17/h3-11,15H,12-13H2,1-2H3,(H,20,22)(H,21,23)/t15-/m0/s1. The largest absolute Gasteiger partial charge is 0.347 e. The maximum atomic E-state index is 11.8. The van der Waals surface area contributed by atoms with E-state index in [4.69, 9.17) is 0 Å². The fourth-order valence-electron chi connectivity index (χ4n) is 2.31. The van der Waals surface area contributed by atoms with Crippen LogP contribution in [0.1, 0.15) is 29.5 Å². The van der Waals surface area contributed by atoms with Gasteiger partial charge in [-0.05, 0) is 24.0 Å². The molecule has 0 fully saturated rings. The lowest BCUT2D eigenvalue weighted by atomic mass is 10.0. The zero-order chi connectivity index (χ0) is 16.7. The number of benzene rings is 2. The van der Waals surface area contributed by atoms with Gasteiger partial charge in [0.05, 0.1) is 0 Å². The summed E-state index contributed by atoms with van der Waals surface area (Å²) in [5.74, 6) is -1.04. The minimum Gasteiger partial charge on any atom is -0.347 e. The van der Waals surface area contributed by atoms with E-state index in [-0.39, 0.29) is 5.92 Å². The van der Waals surface area contributed by atoms with E-state index in [0.717, 1.165) is 16.7 Å². The first-order valence-electron chi connectivity index (χ1n) is 7.73. The summed E-state index contributed by atoms with van der Waals surface area (Å²) in [7, 11) is 0. The van der Waals surface area contributed by atoms with Gasteiger partial charge in [-0.25, -0.2) is 0 Å². The van der Waals surface area contributed by atoms with Crippen LogP contribution in [-0.4, -0.2) is 18.4 Å². The molecule has 1 atom stereocenters. The van der Waals surface area contributed by atoms with Crippen molar-refractivity contribution in [2.45, 2.75) is 26.3 Å². The molecule has 2 aromatic rings. The van der Waals surface area contributed by atoms with Gasteiger partial charge < -0.3 is 10.6 Å². The molecule has 0 bridgehead atoms. The molecule has 0 heterocycles. The molecule has 0 aliphatic rings. The quantitative estimate of drug-likeness (QED) is 0.834. The Morgan fingerprint density at radius 1 is 0.957 bits per heavy atom. The second-order valence-electron chi connectivity index (χ2n) is 5.69. The van der Waals surface area contributed by atoms with Crippen molar-refractivity contribution in [3.63, 3.8) is 0 Å². The summed E-state index contributed by atoms with van der Waals surface area (Å²) in [6.07, 6.45) is 0. The summed E-state index contributed by atoms with van der Waals surface area (Å²) in [6.45, 7) is 4.78. The van der Waals surface area contributed by atoms with Crippen molar-refractivity contribution in [3.05, 3.63) is 71.3 Å². The molecule has 120 valence electrons. The van der Waals surface area contributed by atoms with Gasteiger partial charge in [-0.2, -0.15) is 0 Å². The van der Waals surface area contributed by atoms with Crippen molar-refractivity contribution in [2.75, 3.05) is 6.54 Å². The summed E-state index contributed by atoms with van der Waals surface area (Å²) in [6, 6.07) is 17.7. The van der Waals surface area contributed by atoms with Gasteiger partial charge in [-0.15, -0.1) is 0 Å². The van der Waals surface area contributed by atoms with Crippen molar-refractivity contribution in [1.82, 2.24) is 10.6 Å². The molecule has 0 aliphatic heterocycles. The molecule has 4 nitrogen and oxygen atoms in total. The van der Waals surface area contributed by atoms with Crippen LogP contribution < -0.4 is 10.6 Å². The minimum atomic E-state index is -0.605. The Bertz CT molecular complexity index is 668. The summed E-state index contributed by atoms with van der Waals surface area (Å²) in [5.41, 5.74) is 3.23. The highest BCUT2D eigenvalue weighted by Crippen LogP contribution is 2.12. The maximum Gasteiger partial charge on any atom is 0.309 e. The molecule has 2 amide bonds. The molecule has 23 heavy (non-hydrogen) atoms. The van der Waals surface area contributed by atoms with Gasteiger partial charge in [0.15, 0.2) is 0 Å². The lowest BCUT2D eigenvalue weighted by Gasteiger charge is -2.13. The molecular formula is C19H22N2O2. The van der Waals surface area contributed by atoms with Crippen LogP contribution >= 0.6 is 0 Å². The second-order valence-corrected chi connectivity index (χ2v) is 5.69. The minimum absolute atomic E-state index is 0.157. The highest BCUT2D eigenvalue weighted by Gasteiger charge is 2.14. The second kappa shape index (κ2) is 8.13. The van der Waals surface area contributed by atoms with Gasteiger partial charge in [0.1, 0.15) is 0 Å². The zero-order valence-electron chi connectivity index (χ0n) is 13.5. The Labute approximate surface area is 136 Å². The van der Waals surface area contributed by atoms with Crippen molar-refractivity contribution in [2.24, 2.45) is 0 Å². The van der Waals surface area contributed by atoms with E-state index in [1.165, 1.54) is 0 Å². The number of amides is 2. The number of hydrogen-bond donors (Lipinski definition) is 2. The first kappa shape index (κ1) is 16.7. The van der Waals surface area contributed by atoms with E-state index >= 15 is 0 Å². The number of carbonyl (C=O) groups excluding carboxylic acids is 2. The molecule has 0 radical (unpaired) electrons. The topological polar surface area (TPSA) is 58.2 Å². The average Bonchev–Trinajstić information content (AvgIpc) is 2.58. The van der Waals surface area contributed by atoms with Crippen molar-refractivity contribution in [1.29, 1.82) is 0 Å². The van der Waals surface area contributed by atoms with E-state index in [1.807, 2.05) is 68.4 Å². The molecule has 2 N–H and O–H groups in total. The summed E-state index contributed by atoms with van der Waals surface area (Å²) in [4.78, 5) is 23.7. The third-order valence-corrected chi connectivity index (χ3v) is 3.68. The van der Waals surface area contributed by atoms with Gasteiger partial charge in [0, 0.05) is 13.1 Å². The Morgan fingerprint density at radius 3 is 2.35 bits per heavy atom. The van der Waals surface area contributed by atoms with Gasteiger partial charge in [0.25, 0.3) is 0 Å². The normalized spacial score (nSPS) is 11.6. The molecule has 0 saturated carbocycles. The molecule has 0 unspecified atom stereocenters. The van der Waals surface area contributed by atoms with Crippen molar-refractivity contribution < 1.29 is 9.59 Å². The molecule has 0 aliphatic carbocycles. The zero-order valence-corrected chi connectivity index (χ0v) is 13.5. The van der Waals surface area contributed by atoms with E-state index in [2.05, 4.69) is 10.6 Å². The predicted octanol–water partition coefficient (Wildman–Crippen LogP) is 2.53. The fraction of sp³-hybridized carbons (Fsp3) is 0.263. The monoisotopic (exact) mass is 310 g/mol. The smallest absolute Gasteiger partial charge is 0.309 e. The van der Waals surface area contributed by atoms with Crippen LogP contribution in [0.15, 0.2) is 54.6 Å². The third kappa shape index (κ3) is 5.25. The maximum absolute atomic E-state index is 11.8. The molecule has 0 saturated heterocycles. The molecular weight excluding hydrogens is 288 g/mol. The van der Waals surface area contributed by atoms with Gasteiger partial charge in [-0.3, -0.25) is 9.59 Å². The van der Waals surface area contributed by atoms with Gasteiger partial charge >= 0.3 is 11.8 Å². The van der Waals surface area contributed by atoms with Crippen LogP contribution in [0.3, 0.4) is 0 Å². The molecule has 2 aromatic carbocycles. The molecule has 4 heteroatoms. The average molecular weight is 310 g/mol. The lowest BCUT2D eigenvalue weighted by molar-refractivity contribution is -0.139. The summed E-state index contributed by atoms with van der Waals surface area (Å²) < 4.78 is 0. The van der Waals surface area contributed by atoms with Crippen molar-refractivity contribution >= 4 is 11.8 Å². The predicted molar refractivity (Wildman–Crippen MR) is 90.9 cm³/mol. The van der Waals surface area contributed by atoms with E-state index < -0.39 is 11.8 Å². The molecule has 2 rings (SSSR count). The number of hydrogen-bond acceptors (Lipinski definition) is 2. The van der Waals surface area contributed by atoms with E-state index in [0.29, 0.717) is 13.1 Å². The van der Waals surface area contributed by atoms with Crippen LogP contribution in [0.2, 0.25) is 0 Å². The Hall–Kier alpha value is -2.62. The van der Waals surface area contributed by atoms with E-state index in [9.17, 15) is 9.59 Å². The highest BCUT2D eigenvalue weighted by molar-refractivity contribution is 6.35. The first-order valence-corrected chi connectivity index (χ1v) is 7.73. The van der Waals surface area contributed by atoms with E-state index in [1.54, 1.807) is 0 Å². The SMILES string of the molecule is Cc1cccc(CNC(=O)C(=O)NC[C@H](C)c2ccccc2)c1. The number of aryl methyl sites for hydroxylation is 1. The third-order valence-electron chi connectivity index (χ3n) is 3.68. The fourth-order valence-corrected chi connectivity index (χ4v) is 2.31. The summed E-state index contributed by atoms with van der Waals surface area (Å²) >= 11 is 0. The van der Waals surface area contributed by atoms with Crippen molar-refractivity contribution in [3.8, 4) is 0 Å². The van der Waals surface area contributed by atoms with Crippen LogP contribution in [0, 0.1) is 6.92 Å². The Balaban J connectivity index is 1.78. The van der Waals surface area contributed by atoms with Crippen LogP contribution in [0.4, 0.5) is 0 Å². The Morgan fingerprint density at radius 2 is 1.65 bits per heavy atom. The van der Waals surface area contributed by atoms with Crippen LogP contribution in [0.5, 0.6) is 0 Å². The highest BCUT2D eigenvalue weighted by atomic mass is 16.2. The number of nitrogens with one attached hydrogen (secondary N) is 2. The van der Waals surface area contributed by atoms with Gasteiger partial charge in [0.2, 0.25) is 0 Å². The Kier molecular flexibility index (Phi) is 5.92. The first-order chi connectivity index (χ1) is 11.1. The lowest BCUT2D eigenvalue weighted by Crippen LogP contribution is -2.40. The number of rotatable bonds is 5. The summed E-state index contributed by atoms with van der Waals surface area (Å²) in [5, 5.41) is 5.32. The molecule has 0 spiro atoms. The van der Waals surface area contributed by atoms with Crippen LogP contribution in [-0.2, 0) is 16.1 Å². The number of carbonyl (C=O) groups is 2. The van der Waals surface area contributed by atoms with Crippen LogP contribution in [0.25, 0.3) is 0 Å².